The molecule has 14 aliphatic carbocycles. The van der Waals surface area contributed by atoms with Crippen LogP contribution in [0.25, 0.3) is 0 Å². The van der Waals surface area contributed by atoms with Crippen LogP contribution < -0.4 is 0 Å². The summed E-state index contributed by atoms with van der Waals surface area (Å²) in [5.41, 5.74) is -2.68. The molecule has 30 atom stereocenters. The number of rotatable bonds is 16. The van der Waals surface area contributed by atoms with Crippen LogP contribution in [0.3, 0.4) is 0 Å². The van der Waals surface area contributed by atoms with Crippen molar-refractivity contribution in [2.75, 3.05) is 39.6 Å². The monoisotopic (exact) mass is 1410 g/mol. The fourth-order valence-corrected chi connectivity index (χ4v) is 26.3. The maximum absolute atomic E-state index is 12.5. The number of carbonyl (C=O) groups excluding carboxylic acids is 10. The van der Waals surface area contributed by atoms with Crippen molar-refractivity contribution in [3.63, 3.8) is 0 Å². The molecule has 101 heavy (non-hydrogen) atoms. The molecule has 30 unspecified atom stereocenters. The molecule has 20 nitrogen and oxygen atoms in total. The highest BCUT2D eigenvalue weighted by atomic mass is 16.6. The summed E-state index contributed by atoms with van der Waals surface area (Å²) in [4.78, 5) is 122. The lowest BCUT2D eigenvalue weighted by Crippen LogP contribution is -2.46. The highest BCUT2D eigenvalue weighted by Gasteiger charge is 2.75. The molecule has 4 saturated heterocycles. The van der Waals surface area contributed by atoms with Crippen molar-refractivity contribution in [3.05, 3.63) is 0 Å². The zero-order chi connectivity index (χ0) is 71.7. The van der Waals surface area contributed by atoms with Crippen molar-refractivity contribution in [1.82, 2.24) is 0 Å². The predicted octanol–water partition coefficient (Wildman–Crippen LogP) is 11.5. The Bertz CT molecular complexity index is 3350. The van der Waals surface area contributed by atoms with E-state index in [0.717, 1.165) is 89.4 Å². The molecule has 0 radical (unpaired) electrons. The third-order valence-corrected chi connectivity index (χ3v) is 32.3. The molecule has 0 amide bonds. The van der Waals surface area contributed by atoms with Crippen molar-refractivity contribution in [3.8, 4) is 0 Å². The van der Waals surface area contributed by atoms with Crippen LogP contribution >= 0.6 is 0 Å². The van der Waals surface area contributed by atoms with Gasteiger partial charge in [0.25, 0.3) is 0 Å². The molecule has 14 saturated carbocycles. The highest BCUT2D eigenvalue weighted by Crippen LogP contribution is 2.76. The van der Waals surface area contributed by atoms with E-state index in [0.29, 0.717) is 158 Å². The molecule has 14 bridgehead atoms. The number of hydrogen-bond acceptors (Lipinski definition) is 20. The Kier molecular flexibility index (Phi) is 18.2. The Morgan fingerprint density at radius 3 is 1.25 bits per heavy atom. The topological polar surface area (TPSA) is 263 Å². The van der Waals surface area contributed by atoms with Gasteiger partial charge in [0, 0.05) is 17.8 Å². The van der Waals surface area contributed by atoms with Crippen LogP contribution in [0.15, 0.2) is 0 Å². The van der Waals surface area contributed by atoms with E-state index in [-0.39, 0.29) is 108 Å². The summed E-state index contributed by atoms with van der Waals surface area (Å²) in [7, 11) is 0. The quantitative estimate of drug-likeness (QED) is 0.0789. The maximum atomic E-state index is 12.5. The van der Waals surface area contributed by atoms with Gasteiger partial charge in [-0.2, -0.15) is 0 Å². The van der Waals surface area contributed by atoms with Gasteiger partial charge in [0.1, 0.15) is 24.4 Å². The number of carbonyl (C=O) groups is 10. The van der Waals surface area contributed by atoms with Crippen LogP contribution in [-0.2, 0) is 95.3 Å². The average Bonchev–Trinajstić information content (AvgIpc) is 1.53. The van der Waals surface area contributed by atoms with E-state index in [2.05, 4.69) is 0 Å². The van der Waals surface area contributed by atoms with E-state index in [1.54, 1.807) is 13.8 Å². The molecule has 4 aliphatic heterocycles. The summed E-state index contributed by atoms with van der Waals surface area (Å²) in [5.74, 6) is 10.6. The fourth-order valence-electron chi connectivity index (χ4n) is 26.3. The van der Waals surface area contributed by atoms with Crippen molar-refractivity contribution in [2.24, 2.45) is 175 Å². The largest absolute Gasteiger partial charge is 0.465 e. The van der Waals surface area contributed by atoms with Crippen LogP contribution in [0.1, 0.15) is 205 Å². The number of fused-ring (bicyclic) bond motifs is 37. The van der Waals surface area contributed by atoms with Crippen LogP contribution in [0.4, 0.5) is 0 Å². The molecular formula is C81H114O20. The summed E-state index contributed by atoms with van der Waals surface area (Å²) in [6.45, 7) is 24.7. The van der Waals surface area contributed by atoms with Gasteiger partial charge in [0.2, 0.25) is 0 Å². The average molecular weight is 1410 g/mol. The first-order valence-corrected chi connectivity index (χ1v) is 39.7. The van der Waals surface area contributed by atoms with Crippen molar-refractivity contribution < 1.29 is 95.3 Å². The molecule has 0 aromatic carbocycles. The van der Waals surface area contributed by atoms with Crippen molar-refractivity contribution >= 4 is 59.7 Å². The van der Waals surface area contributed by atoms with Gasteiger partial charge in [0.15, 0.2) is 13.2 Å². The first-order valence-electron chi connectivity index (χ1n) is 39.7. The Hall–Kier alpha value is -5.30. The minimum absolute atomic E-state index is 0.0187. The SMILES string of the molecule is CCC(C)(C)C(=O)OC1CC2CC1C1C3CC(C4C(=O)OCC34)C21.CCC(C)(C)C(=O)OC1CC2CC1C1C3CC(C4COC(=O)C43)C21.CCC(C)(C)C(=O)OCC(=O)OC1CC2CC1C1(CCOC1=O)C2.CCC(C)(C)C(=O)OCC(=O)OC1CC2CC1C1C2C2CC1C1(CCOC1=O)C2. The van der Waals surface area contributed by atoms with E-state index in [9.17, 15) is 47.9 Å². The smallest absolute Gasteiger partial charge is 0.344 e. The Balaban J connectivity index is 0.000000109. The van der Waals surface area contributed by atoms with Crippen LogP contribution in [0, 0.1) is 175 Å². The van der Waals surface area contributed by atoms with Gasteiger partial charge in [-0.25, -0.2) is 9.59 Å². The zero-order valence-electron chi connectivity index (χ0n) is 62.0. The standard InChI is InChI=1S/C23H32O6.2C20H28O4.C18H26O6/c1-4-22(2,3)20(25)28-11-17(24)29-16-9-12-7-14(16)19-15-8-13(18(12)19)10-23(15)5-6-27-21(23)26;1-4-20(2,3)19(22)24-14-6-9-5-11(14)16-10-7-12(15(9)16)17-13(10)8-23-18(17)21;1-4-20(2,3)19(22)24-14-6-9-5-11(14)16-12-7-10(15(9)16)13-8-23-18(21)17(12)13;1-4-17(2,3)15(20)23-10-14(19)24-13-8-11-7-12(13)18(9-11)5-6-22-16(18)21/h12-16,18-19H,4-11H2,1-3H3;2*9-17H,4-8H2,1-3H3;11-13H,4-10H2,1-3H3. The Morgan fingerprint density at radius 1 is 0.376 bits per heavy atom. The Labute approximate surface area is 596 Å². The van der Waals surface area contributed by atoms with E-state index in [1.807, 2.05) is 69.2 Å². The van der Waals surface area contributed by atoms with Crippen LogP contribution in [-0.4, -0.2) is 124 Å². The van der Waals surface area contributed by atoms with Gasteiger partial charge in [-0.3, -0.25) is 38.4 Å². The van der Waals surface area contributed by atoms with Gasteiger partial charge < -0.3 is 47.4 Å². The normalized spacial score (nSPS) is 45.0. The molecule has 20 heteroatoms. The molecule has 0 N–H and O–H groups in total. The second kappa shape index (κ2) is 25.7. The van der Waals surface area contributed by atoms with E-state index < -0.39 is 39.6 Å². The van der Waals surface area contributed by atoms with Crippen LogP contribution in [0.2, 0.25) is 0 Å². The first-order chi connectivity index (χ1) is 47.9. The summed E-state index contributed by atoms with van der Waals surface area (Å²) in [5, 5.41) is 0. The molecule has 2 spiro atoms. The predicted molar refractivity (Wildman–Crippen MR) is 359 cm³/mol. The van der Waals surface area contributed by atoms with Gasteiger partial charge in [-0.15, -0.1) is 0 Å². The lowest BCUT2D eigenvalue weighted by atomic mass is 9.60. The number of hydrogen-bond donors (Lipinski definition) is 0. The molecule has 558 valence electrons. The number of ether oxygens (including phenoxy) is 10. The second-order valence-corrected chi connectivity index (χ2v) is 38.0. The Morgan fingerprint density at radius 2 is 0.782 bits per heavy atom. The molecule has 4 heterocycles. The summed E-state index contributed by atoms with van der Waals surface area (Å²) in [6.07, 6.45) is 18.0. The number of esters is 10. The third kappa shape index (κ3) is 11.4. The van der Waals surface area contributed by atoms with Crippen molar-refractivity contribution in [1.29, 1.82) is 0 Å². The highest BCUT2D eigenvalue weighted by molar-refractivity contribution is 5.83. The fraction of sp³-hybridized carbons (Fsp3) is 0.877. The minimum Gasteiger partial charge on any atom is -0.465 e. The molecule has 0 aromatic rings. The maximum Gasteiger partial charge on any atom is 0.344 e. The lowest BCUT2D eigenvalue weighted by molar-refractivity contribution is -0.172. The summed E-state index contributed by atoms with van der Waals surface area (Å²) < 4.78 is 55.0. The molecule has 18 fully saturated rings. The van der Waals surface area contributed by atoms with Gasteiger partial charge >= 0.3 is 59.7 Å². The molecule has 18 aliphatic rings. The third-order valence-electron chi connectivity index (χ3n) is 32.3. The van der Waals surface area contributed by atoms with Crippen molar-refractivity contribution in [2.45, 2.75) is 229 Å². The van der Waals surface area contributed by atoms with E-state index in [4.69, 9.17) is 47.4 Å². The van der Waals surface area contributed by atoms with Crippen LogP contribution in [0.5, 0.6) is 0 Å². The molecule has 18 rings (SSSR count). The van der Waals surface area contributed by atoms with Gasteiger partial charge in [-0.1, -0.05) is 27.7 Å². The minimum atomic E-state index is -0.607. The second-order valence-electron chi connectivity index (χ2n) is 38.0. The number of cyclic esters (lactones) is 4. The van der Waals surface area contributed by atoms with E-state index in [1.165, 1.54) is 25.7 Å². The van der Waals surface area contributed by atoms with Gasteiger partial charge in [-0.05, 0) is 290 Å². The zero-order valence-corrected chi connectivity index (χ0v) is 62.0. The first kappa shape index (κ1) is 71.3. The molecular weight excluding hydrogens is 1290 g/mol. The lowest BCUT2D eigenvalue weighted by Gasteiger charge is -2.44. The molecule has 0 aromatic heterocycles. The summed E-state index contributed by atoms with van der Waals surface area (Å²) in [6, 6.07) is 0. The summed E-state index contributed by atoms with van der Waals surface area (Å²) >= 11 is 0. The van der Waals surface area contributed by atoms with E-state index >= 15 is 0 Å². The van der Waals surface area contributed by atoms with Gasteiger partial charge in [0.05, 0.1) is 70.8 Å².